The number of H-pyrrole nitrogens is 1. The zero-order chi connectivity index (χ0) is 14.6. The molecule has 8 heteroatoms. The van der Waals surface area contributed by atoms with Gasteiger partial charge in [-0.05, 0) is 25.5 Å². The van der Waals surface area contributed by atoms with Gasteiger partial charge in [-0.15, -0.1) is 11.8 Å². The summed E-state index contributed by atoms with van der Waals surface area (Å²) in [6.45, 7) is 1.67. The second-order valence-electron chi connectivity index (χ2n) is 4.87. The van der Waals surface area contributed by atoms with Gasteiger partial charge in [0.25, 0.3) is 0 Å². The molecular formula is C12H18N6OS. The third-order valence-electron chi connectivity index (χ3n) is 3.08. The lowest BCUT2D eigenvalue weighted by molar-refractivity contribution is -0.122. The molecule has 0 aliphatic rings. The predicted octanol–water partition coefficient (Wildman–Crippen LogP) is 0.818. The van der Waals surface area contributed by atoms with Crippen LogP contribution in [0.25, 0.3) is 11.2 Å². The first-order valence-electron chi connectivity index (χ1n) is 6.36. The summed E-state index contributed by atoms with van der Waals surface area (Å²) < 4.78 is 0. The fraction of sp³-hybridized carbons (Fsp3) is 0.500. The molecule has 2 aromatic rings. The maximum Gasteiger partial charge on any atom is 0.237 e. The van der Waals surface area contributed by atoms with E-state index in [4.69, 9.17) is 11.5 Å². The average molecular weight is 294 g/mol. The quantitative estimate of drug-likeness (QED) is 0.394. The minimum absolute atomic E-state index is 0.458. The summed E-state index contributed by atoms with van der Waals surface area (Å²) in [6.07, 6.45) is 5.49. The number of hydrogen-bond donors (Lipinski definition) is 3. The Morgan fingerprint density at radius 2 is 2.20 bits per heavy atom. The minimum Gasteiger partial charge on any atom is -0.368 e. The van der Waals surface area contributed by atoms with Crippen molar-refractivity contribution < 1.29 is 4.79 Å². The van der Waals surface area contributed by atoms with Gasteiger partial charge in [-0.2, -0.15) is 0 Å². The predicted molar refractivity (Wildman–Crippen MR) is 78.0 cm³/mol. The molecule has 108 valence electrons. The van der Waals surface area contributed by atoms with Gasteiger partial charge in [0.15, 0.2) is 5.65 Å². The van der Waals surface area contributed by atoms with Gasteiger partial charge in [0, 0.05) is 0 Å². The van der Waals surface area contributed by atoms with Crippen LogP contribution in [0.5, 0.6) is 0 Å². The van der Waals surface area contributed by atoms with E-state index in [9.17, 15) is 4.79 Å². The van der Waals surface area contributed by atoms with Crippen molar-refractivity contribution in [2.75, 3.05) is 5.75 Å². The number of fused-ring (bicyclic) bond motifs is 1. The molecule has 1 amide bonds. The van der Waals surface area contributed by atoms with Gasteiger partial charge in [-0.25, -0.2) is 15.0 Å². The summed E-state index contributed by atoms with van der Waals surface area (Å²) >= 11 is 1.63. The fourth-order valence-electron chi connectivity index (χ4n) is 1.74. The first kappa shape index (κ1) is 14.7. The summed E-state index contributed by atoms with van der Waals surface area (Å²) in [5.41, 5.74) is 11.6. The van der Waals surface area contributed by atoms with E-state index >= 15 is 0 Å². The van der Waals surface area contributed by atoms with Crippen LogP contribution in [0, 0.1) is 0 Å². The maximum absolute atomic E-state index is 11.1. The highest BCUT2D eigenvalue weighted by atomic mass is 32.2. The molecule has 1 atom stereocenters. The van der Waals surface area contributed by atoms with Crippen LogP contribution in [0.15, 0.2) is 17.7 Å². The van der Waals surface area contributed by atoms with E-state index in [-0.39, 0.29) is 0 Å². The zero-order valence-electron chi connectivity index (χ0n) is 11.3. The lowest BCUT2D eigenvalue weighted by Crippen LogP contribution is -2.49. The molecule has 0 aliphatic heterocycles. The first-order valence-corrected chi connectivity index (χ1v) is 7.35. The maximum atomic E-state index is 11.1. The highest BCUT2D eigenvalue weighted by Crippen LogP contribution is 2.23. The van der Waals surface area contributed by atoms with Gasteiger partial charge in [-0.3, -0.25) is 4.79 Å². The molecule has 2 heterocycles. The Bertz CT molecular complexity index is 596. The third kappa shape index (κ3) is 3.45. The van der Waals surface area contributed by atoms with Gasteiger partial charge in [0.1, 0.15) is 16.9 Å². The number of nitrogens with zero attached hydrogens (tertiary/aromatic N) is 3. The van der Waals surface area contributed by atoms with Crippen LogP contribution < -0.4 is 11.5 Å². The lowest BCUT2D eigenvalue weighted by Gasteiger charge is -2.19. The van der Waals surface area contributed by atoms with Gasteiger partial charge in [0.2, 0.25) is 5.91 Å². The number of rotatable bonds is 7. The number of primary amides is 1. The lowest BCUT2D eigenvalue weighted by atomic mass is 9.96. The highest BCUT2D eigenvalue weighted by Gasteiger charge is 2.24. The van der Waals surface area contributed by atoms with Crippen LogP contribution >= 0.6 is 11.8 Å². The number of aromatic amines is 1. The minimum atomic E-state index is -0.920. The van der Waals surface area contributed by atoms with Crippen LogP contribution in [0.3, 0.4) is 0 Å². The Morgan fingerprint density at radius 3 is 2.95 bits per heavy atom. The Balaban J connectivity index is 1.79. The van der Waals surface area contributed by atoms with E-state index in [1.807, 2.05) is 0 Å². The Labute approximate surface area is 121 Å². The van der Waals surface area contributed by atoms with E-state index in [1.165, 1.54) is 6.33 Å². The number of imidazole rings is 1. The SMILES string of the molecule is CC(N)(CCCCSc1ncnc2nc[nH]c12)C(N)=O. The molecule has 0 aliphatic carbocycles. The van der Waals surface area contributed by atoms with Gasteiger partial charge in [0.05, 0.1) is 11.9 Å². The standard InChI is InChI=1S/C12H18N6OS/c1-12(14,11(13)19)4-2-3-5-20-10-8-9(16-6-15-8)17-7-18-10/h6-7H,2-5,14H2,1H3,(H2,13,19)(H,15,16,17,18). The molecule has 0 bridgehead atoms. The molecule has 2 rings (SSSR count). The first-order chi connectivity index (χ1) is 9.50. The molecule has 0 aromatic carbocycles. The highest BCUT2D eigenvalue weighted by molar-refractivity contribution is 7.99. The normalized spacial score (nSPS) is 14.3. The molecular weight excluding hydrogens is 276 g/mol. The summed E-state index contributed by atoms with van der Waals surface area (Å²) in [5, 5.41) is 0.887. The van der Waals surface area contributed by atoms with Crippen molar-refractivity contribution in [2.45, 2.75) is 36.8 Å². The number of nitrogens with two attached hydrogens (primary N) is 2. The number of nitrogens with one attached hydrogen (secondary N) is 1. The molecule has 0 fully saturated rings. The monoisotopic (exact) mass is 294 g/mol. The van der Waals surface area contributed by atoms with Gasteiger partial charge in [-0.1, -0.05) is 6.42 Å². The number of amides is 1. The van der Waals surface area contributed by atoms with Crippen molar-refractivity contribution in [3.8, 4) is 0 Å². The molecule has 0 saturated heterocycles. The zero-order valence-corrected chi connectivity index (χ0v) is 12.1. The van der Waals surface area contributed by atoms with Crippen LogP contribution in [0.4, 0.5) is 0 Å². The number of carbonyl (C=O) groups excluding carboxylic acids is 1. The summed E-state index contributed by atoms with van der Waals surface area (Å²) in [7, 11) is 0. The van der Waals surface area contributed by atoms with Crippen LogP contribution in [-0.4, -0.2) is 37.1 Å². The summed E-state index contributed by atoms with van der Waals surface area (Å²) in [5.74, 6) is 0.431. The molecule has 5 N–H and O–H groups in total. The molecule has 7 nitrogen and oxygen atoms in total. The number of carbonyl (C=O) groups is 1. The second-order valence-corrected chi connectivity index (χ2v) is 5.95. The Kier molecular flexibility index (Phi) is 4.56. The van der Waals surface area contributed by atoms with Gasteiger partial charge >= 0.3 is 0 Å². The Morgan fingerprint density at radius 1 is 1.40 bits per heavy atom. The van der Waals surface area contributed by atoms with Crippen molar-refractivity contribution >= 4 is 28.8 Å². The van der Waals surface area contributed by atoms with Crippen molar-refractivity contribution in [3.63, 3.8) is 0 Å². The molecule has 2 aromatic heterocycles. The van der Waals surface area contributed by atoms with E-state index in [0.717, 1.165) is 29.1 Å². The van der Waals surface area contributed by atoms with Crippen LogP contribution in [0.2, 0.25) is 0 Å². The van der Waals surface area contributed by atoms with Gasteiger partial charge < -0.3 is 16.5 Å². The molecule has 0 spiro atoms. The van der Waals surface area contributed by atoms with E-state index < -0.39 is 11.4 Å². The van der Waals surface area contributed by atoms with Crippen molar-refractivity contribution in [1.82, 2.24) is 19.9 Å². The summed E-state index contributed by atoms with van der Waals surface area (Å²) in [6, 6.07) is 0. The number of thioether (sulfide) groups is 1. The Hall–Kier alpha value is -1.67. The number of unbranched alkanes of at least 4 members (excludes halogenated alkanes) is 1. The van der Waals surface area contributed by atoms with Crippen LogP contribution in [-0.2, 0) is 4.79 Å². The summed E-state index contributed by atoms with van der Waals surface area (Å²) in [4.78, 5) is 26.5. The largest absolute Gasteiger partial charge is 0.368 e. The average Bonchev–Trinajstić information content (AvgIpc) is 2.87. The fourth-order valence-corrected chi connectivity index (χ4v) is 2.70. The smallest absolute Gasteiger partial charge is 0.237 e. The molecule has 0 saturated carbocycles. The van der Waals surface area contributed by atoms with E-state index in [2.05, 4.69) is 19.9 Å². The van der Waals surface area contributed by atoms with Crippen molar-refractivity contribution in [2.24, 2.45) is 11.5 Å². The second kappa shape index (κ2) is 6.19. The molecule has 20 heavy (non-hydrogen) atoms. The molecule has 1 unspecified atom stereocenters. The molecule has 0 radical (unpaired) electrons. The van der Waals surface area contributed by atoms with E-state index in [0.29, 0.717) is 12.1 Å². The van der Waals surface area contributed by atoms with E-state index in [1.54, 1.807) is 25.0 Å². The van der Waals surface area contributed by atoms with Crippen LogP contribution in [0.1, 0.15) is 26.2 Å². The third-order valence-corrected chi connectivity index (χ3v) is 4.16. The van der Waals surface area contributed by atoms with Crippen molar-refractivity contribution in [3.05, 3.63) is 12.7 Å². The number of aromatic nitrogens is 4. The topological polar surface area (TPSA) is 124 Å². The van der Waals surface area contributed by atoms with Crippen molar-refractivity contribution in [1.29, 1.82) is 0 Å². The number of hydrogen-bond acceptors (Lipinski definition) is 6.